The molecule has 1 aromatic carbocycles. The van der Waals surface area contributed by atoms with Gasteiger partial charge in [-0.25, -0.2) is 8.42 Å². The molecule has 0 unspecified atom stereocenters. The van der Waals surface area contributed by atoms with Gasteiger partial charge in [0.05, 0.1) is 5.02 Å². The maximum atomic E-state index is 12.2. The number of benzene rings is 1. The summed E-state index contributed by atoms with van der Waals surface area (Å²) in [6, 6.07) is 4.01. The molecule has 0 saturated heterocycles. The SMILES string of the molecule is O=C(O)C1(NS(=O)(=O)c2cc(Cl)ccc2Cl)CCC1. The van der Waals surface area contributed by atoms with Crippen molar-refractivity contribution in [2.24, 2.45) is 0 Å². The van der Waals surface area contributed by atoms with Gasteiger partial charge in [-0.3, -0.25) is 4.79 Å². The van der Waals surface area contributed by atoms with Gasteiger partial charge in [0, 0.05) is 5.02 Å². The maximum absolute atomic E-state index is 12.2. The molecule has 0 radical (unpaired) electrons. The largest absolute Gasteiger partial charge is 0.480 e. The molecule has 1 saturated carbocycles. The quantitative estimate of drug-likeness (QED) is 0.890. The van der Waals surface area contributed by atoms with E-state index in [1.54, 1.807) is 0 Å². The Morgan fingerprint density at radius 2 is 1.95 bits per heavy atom. The molecule has 0 atom stereocenters. The van der Waals surface area contributed by atoms with E-state index in [1.807, 2.05) is 0 Å². The molecule has 1 aliphatic carbocycles. The van der Waals surface area contributed by atoms with Crippen LogP contribution in [-0.2, 0) is 14.8 Å². The summed E-state index contributed by atoms with van der Waals surface area (Å²) in [5.41, 5.74) is -1.43. The van der Waals surface area contributed by atoms with Crippen LogP contribution >= 0.6 is 23.2 Å². The molecule has 0 bridgehead atoms. The molecule has 1 fully saturated rings. The zero-order valence-electron chi connectivity index (χ0n) is 9.69. The number of hydrogen-bond donors (Lipinski definition) is 2. The second-order valence-corrected chi connectivity index (χ2v) is 6.92. The summed E-state index contributed by atoms with van der Waals surface area (Å²) < 4.78 is 26.6. The van der Waals surface area contributed by atoms with E-state index in [9.17, 15) is 13.2 Å². The third-order valence-electron chi connectivity index (χ3n) is 3.13. The van der Waals surface area contributed by atoms with Crippen LogP contribution in [0.4, 0.5) is 0 Å². The highest BCUT2D eigenvalue weighted by Crippen LogP contribution is 2.35. The summed E-state index contributed by atoms with van der Waals surface area (Å²) >= 11 is 11.6. The minimum absolute atomic E-state index is 0.00300. The molecule has 2 rings (SSSR count). The van der Waals surface area contributed by atoms with Crippen LogP contribution in [0.15, 0.2) is 23.1 Å². The molecular formula is C11H11Cl2NO4S. The van der Waals surface area contributed by atoms with Crippen molar-refractivity contribution >= 4 is 39.2 Å². The Labute approximate surface area is 120 Å². The third kappa shape index (κ3) is 2.72. The normalized spacial score (nSPS) is 17.8. The van der Waals surface area contributed by atoms with Gasteiger partial charge in [0.1, 0.15) is 10.4 Å². The van der Waals surface area contributed by atoms with E-state index in [0.717, 1.165) is 0 Å². The summed E-state index contributed by atoms with van der Waals surface area (Å²) in [5.74, 6) is -1.18. The number of carboxylic acid groups (broad SMARTS) is 1. The summed E-state index contributed by atoms with van der Waals surface area (Å²) in [4.78, 5) is 11.0. The first-order valence-corrected chi connectivity index (χ1v) is 7.73. The Morgan fingerprint density at radius 1 is 1.32 bits per heavy atom. The first-order valence-electron chi connectivity index (χ1n) is 5.49. The Kier molecular flexibility index (Phi) is 3.79. The fraction of sp³-hybridized carbons (Fsp3) is 0.364. The molecule has 104 valence electrons. The molecule has 1 aromatic rings. The average Bonchev–Trinajstić information content (AvgIpc) is 2.26. The van der Waals surface area contributed by atoms with Gasteiger partial charge >= 0.3 is 5.97 Å². The van der Waals surface area contributed by atoms with Gasteiger partial charge in [-0.2, -0.15) is 4.72 Å². The fourth-order valence-corrected chi connectivity index (χ4v) is 4.07. The molecular weight excluding hydrogens is 313 g/mol. The van der Waals surface area contributed by atoms with Crippen LogP contribution < -0.4 is 4.72 Å². The van der Waals surface area contributed by atoms with Gasteiger partial charge in [0.25, 0.3) is 0 Å². The Bertz CT molecular complexity index is 626. The van der Waals surface area contributed by atoms with Crippen molar-refractivity contribution in [3.05, 3.63) is 28.2 Å². The van der Waals surface area contributed by atoms with Crippen LogP contribution in [-0.4, -0.2) is 25.0 Å². The minimum Gasteiger partial charge on any atom is -0.480 e. The zero-order valence-corrected chi connectivity index (χ0v) is 12.0. The molecule has 0 spiro atoms. The van der Waals surface area contributed by atoms with Gasteiger partial charge in [-0.1, -0.05) is 23.2 Å². The van der Waals surface area contributed by atoms with E-state index in [0.29, 0.717) is 6.42 Å². The van der Waals surface area contributed by atoms with E-state index in [2.05, 4.69) is 4.72 Å². The van der Waals surface area contributed by atoms with E-state index in [1.165, 1.54) is 18.2 Å². The number of aliphatic carboxylic acids is 1. The number of hydrogen-bond acceptors (Lipinski definition) is 3. The van der Waals surface area contributed by atoms with Crippen LogP contribution in [0.5, 0.6) is 0 Å². The number of carboxylic acids is 1. The number of rotatable bonds is 4. The number of sulfonamides is 1. The molecule has 1 aliphatic rings. The van der Waals surface area contributed by atoms with E-state index < -0.39 is 21.5 Å². The minimum atomic E-state index is -4.02. The molecule has 19 heavy (non-hydrogen) atoms. The molecule has 5 nitrogen and oxygen atoms in total. The van der Waals surface area contributed by atoms with Crippen molar-refractivity contribution in [3.63, 3.8) is 0 Å². The monoisotopic (exact) mass is 323 g/mol. The average molecular weight is 324 g/mol. The lowest BCUT2D eigenvalue weighted by Crippen LogP contribution is -2.58. The van der Waals surface area contributed by atoms with Crippen molar-refractivity contribution in [1.29, 1.82) is 0 Å². The molecule has 0 amide bonds. The van der Waals surface area contributed by atoms with Crippen LogP contribution in [0.2, 0.25) is 10.0 Å². The molecule has 8 heteroatoms. The third-order valence-corrected chi connectivity index (χ3v) is 5.38. The van der Waals surface area contributed by atoms with Gasteiger partial charge < -0.3 is 5.11 Å². The van der Waals surface area contributed by atoms with Crippen LogP contribution in [0.25, 0.3) is 0 Å². The van der Waals surface area contributed by atoms with Crippen molar-refractivity contribution in [2.75, 3.05) is 0 Å². The van der Waals surface area contributed by atoms with Crippen molar-refractivity contribution in [3.8, 4) is 0 Å². The Morgan fingerprint density at radius 3 is 2.42 bits per heavy atom. The second-order valence-electron chi connectivity index (χ2n) is 4.42. The first kappa shape index (κ1) is 14.6. The Hall–Kier alpha value is -0.820. The van der Waals surface area contributed by atoms with Crippen LogP contribution in [0, 0.1) is 0 Å². The standard InChI is InChI=1S/C11H11Cl2NO4S/c12-7-2-3-8(13)9(6-7)19(17,18)14-11(10(15)16)4-1-5-11/h2-3,6,14H,1,4-5H2,(H,15,16). The maximum Gasteiger partial charge on any atom is 0.324 e. The molecule has 0 heterocycles. The number of halogens is 2. The Balaban J connectivity index is 2.38. The van der Waals surface area contributed by atoms with E-state index >= 15 is 0 Å². The fourth-order valence-electron chi connectivity index (χ4n) is 1.89. The second kappa shape index (κ2) is 4.94. The lowest BCUT2D eigenvalue weighted by atomic mass is 9.78. The summed E-state index contributed by atoms with van der Waals surface area (Å²) in [6.45, 7) is 0. The number of carbonyl (C=O) groups is 1. The smallest absolute Gasteiger partial charge is 0.324 e. The van der Waals surface area contributed by atoms with Gasteiger partial charge in [0.15, 0.2) is 0 Å². The topological polar surface area (TPSA) is 83.5 Å². The van der Waals surface area contributed by atoms with Gasteiger partial charge in [-0.05, 0) is 37.5 Å². The molecule has 0 aromatic heterocycles. The predicted octanol–water partition coefficient (Wildman–Crippen LogP) is 2.28. The highest BCUT2D eigenvalue weighted by Gasteiger charge is 2.47. The zero-order chi connectivity index (χ0) is 14.3. The summed E-state index contributed by atoms with van der Waals surface area (Å²) in [5, 5.41) is 9.34. The van der Waals surface area contributed by atoms with Crippen LogP contribution in [0.1, 0.15) is 19.3 Å². The highest BCUT2D eigenvalue weighted by molar-refractivity contribution is 7.89. The number of nitrogens with one attached hydrogen (secondary N) is 1. The van der Waals surface area contributed by atoms with Gasteiger partial charge in [0.2, 0.25) is 10.0 Å². The summed E-state index contributed by atoms with van der Waals surface area (Å²) in [7, 11) is -4.02. The lowest BCUT2D eigenvalue weighted by Gasteiger charge is -2.37. The molecule has 0 aliphatic heterocycles. The highest BCUT2D eigenvalue weighted by atomic mass is 35.5. The van der Waals surface area contributed by atoms with E-state index in [4.69, 9.17) is 28.3 Å². The predicted molar refractivity (Wildman–Crippen MR) is 71.0 cm³/mol. The van der Waals surface area contributed by atoms with Crippen molar-refractivity contribution < 1.29 is 18.3 Å². The van der Waals surface area contributed by atoms with E-state index in [-0.39, 0.29) is 27.8 Å². The summed E-state index contributed by atoms with van der Waals surface area (Å²) in [6.07, 6.45) is 1.19. The van der Waals surface area contributed by atoms with Gasteiger partial charge in [-0.15, -0.1) is 0 Å². The van der Waals surface area contributed by atoms with Crippen molar-refractivity contribution in [2.45, 2.75) is 29.7 Å². The van der Waals surface area contributed by atoms with Crippen LogP contribution in [0.3, 0.4) is 0 Å². The van der Waals surface area contributed by atoms with Crippen molar-refractivity contribution in [1.82, 2.24) is 4.72 Å². The lowest BCUT2D eigenvalue weighted by molar-refractivity contribution is -0.147. The first-order chi connectivity index (χ1) is 8.77. The molecule has 2 N–H and O–H groups in total.